The molecule has 2 unspecified atom stereocenters. The lowest BCUT2D eigenvalue weighted by Gasteiger charge is -2.29. The van der Waals surface area contributed by atoms with Crippen LogP contribution in [0.15, 0.2) is 0 Å². The molecule has 0 amide bonds. The Bertz CT molecular complexity index is 108. The molecule has 0 aliphatic carbocycles. The van der Waals surface area contributed by atoms with Crippen molar-refractivity contribution in [1.29, 1.82) is 0 Å². The molecule has 0 aromatic rings. The minimum Gasteiger partial charge on any atom is -0.303 e. The van der Waals surface area contributed by atoms with Crippen LogP contribution >= 0.6 is 0 Å². The van der Waals surface area contributed by atoms with Crippen molar-refractivity contribution in [3.8, 4) is 0 Å². The summed E-state index contributed by atoms with van der Waals surface area (Å²) in [6.07, 6.45) is 6.73. The van der Waals surface area contributed by atoms with Crippen LogP contribution in [-0.2, 0) is 0 Å². The van der Waals surface area contributed by atoms with Gasteiger partial charge in [-0.25, -0.2) is 0 Å². The van der Waals surface area contributed by atoms with Crippen LogP contribution < -0.4 is 0 Å². The van der Waals surface area contributed by atoms with E-state index in [0.717, 1.165) is 12.0 Å². The zero-order valence-corrected chi connectivity index (χ0v) is 10.8. The van der Waals surface area contributed by atoms with Gasteiger partial charge in [-0.1, -0.05) is 40.0 Å². The summed E-state index contributed by atoms with van der Waals surface area (Å²) in [4.78, 5) is 2.52. The fraction of sp³-hybridized carbons (Fsp3) is 1.00. The van der Waals surface area contributed by atoms with Crippen LogP contribution in [0.5, 0.6) is 0 Å². The van der Waals surface area contributed by atoms with Crippen LogP contribution in [0.4, 0.5) is 0 Å². The second-order valence-corrected chi connectivity index (χ2v) is 4.69. The van der Waals surface area contributed by atoms with Gasteiger partial charge in [-0.05, 0) is 39.3 Å². The summed E-state index contributed by atoms with van der Waals surface area (Å²) in [6, 6.07) is 0.744. The predicted octanol–water partition coefficient (Wildman–Crippen LogP) is 3.93. The topological polar surface area (TPSA) is 3.24 Å². The number of hydrogen-bond donors (Lipinski definition) is 0. The van der Waals surface area contributed by atoms with E-state index in [0.29, 0.717) is 0 Å². The van der Waals surface area contributed by atoms with Gasteiger partial charge in [0.15, 0.2) is 0 Å². The molecule has 2 atom stereocenters. The summed E-state index contributed by atoms with van der Waals surface area (Å²) in [7, 11) is 2.27. The van der Waals surface area contributed by atoms with Gasteiger partial charge in [-0.3, -0.25) is 0 Å². The summed E-state index contributed by atoms with van der Waals surface area (Å²) in [5, 5.41) is 0. The highest BCUT2D eigenvalue weighted by molar-refractivity contribution is 4.70. The molecule has 86 valence electrons. The standard InChI is InChI=1S/C13H29N/c1-6-8-10-12(3)13(4)14(5)11-9-7-2/h12-13H,6-11H2,1-5H3. The van der Waals surface area contributed by atoms with E-state index in [4.69, 9.17) is 0 Å². The first kappa shape index (κ1) is 14.0. The first-order valence-corrected chi connectivity index (χ1v) is 6.33. The van der Waals surface area contributed by atoms with E-state index in [1.54, 1.807) is 0 Å². The van der Waals surface area contributed by atoms with Crippen LogP contribution in [0, 0.1) is 5.92 Å². The Kier molecular flexibility index (Phi) is 8.26. The van der Waals surface area contributed by atoms with Crippen molar-refractivity contribution in [2.75, 3.05) is 13.6 Å². The van der Waals surface area contributed by atoms with Crippen molar-refractivity contribution in [3.05, 3.63) is 0 Å². The molecule has 0 spiro atoms. The highest BCUT2D eigenvalue weighted by Gasteiger charge is 2.15. The van der Waals surface area contributed by atoms with E-state index in [9.17, 15) is 0 Å². The molecule has 0 aromatic heterocycles. The van der Waals surface area contributed by atoms with Crippen molar-refractivity contribution >= 4 is 0 Å². The maximum absolute atomic E-state index is 2.52. The summed E-state index contributed by atoms with van der Waals surface area (Å²) >= 11 is 0. The number of unbranched alkanes of at least 4 members (excludes halogenated alkanes) is 2. The fourth-order valence-corrected chi connectivity index (χ4v) is 1.81. The Morgan fingerprint density at radius 3 is 2.07 bits per heavy atom. The monoisotopic (exact) mass is 199 g/mol. The normalized spacial score (nSPS) is 15.9. The average molecular weight is 199 g/mol. The molecule has 0 fully saturated rings. The summed E-state index contributed by atoms with van der Waals surface area (Å²) in [5.41, 5.74) is 0. The highest BCUT2D eigenvalue weighted by Crippen LogP contribution is 2.16. The third-order valence-electron chi connectivity index (χ3n) is 3.40. The lowest BCUT2D eigenvalue weighted by molar-refractivity contribution is 0.188. The Balaban J connectivity index is 3.72. The van der Waals surface area contributed by atoms with Gasteiger partial charge in [0.05, 0.1) is 0 Å². The van der Waals surface area contributed by atoms with Gasteiger partial charge in [0.25, 0.3) is 0 Å². The number of nitrogens with zero attached hydrogens (tertiary/aromatic N) is 1. The molecule has 1 heteroatoms. The van der Waals surface area contributed by atoms with Gasteiger partial charge in [-0.2, -0.15) is 0 Å². The molecule has 1 nitrogen and oxygen atoms in total. The third kappa shape index (κ3) is 5.64. The molecule has 0 N–H and O–H groups in total. The molecule has 0 aliphatic rings. The second kappa shape index (κ2) is 8.28. The lowest BCUT2D eigenvalue weighted by Crippen LogP contribution is -2.35. The fourth-order valence-electron chi connectivity index (χ4n) is 1.81. The van der Waals surface area contributed by atoms with Crippen molar-refractivity contribution in [2.45, 2.75) is 65.8 Å². The zero-order chi connectivity index (χ0) is 11.0. The minimum atomic E-state index is 0.744. The van der Waals surface area contributed by atoms with Crippen LogP contribution in [0.25, 0.3) is 0 Å². The summed E-state index contributed by atoms with van der Waals surface area (Å²) in [5.74, 6) is 0.844. The quantitative estimate of drug-likeness (QED) is 0.572. The largest absolute Gasteiger partial charge is 0.303 e. The first-order valence-electron chi connectivity index (χ1n) is 6.33. The first-order chi connectivity index (χ1) is 6.63. The van der Waals surface area contributed by atoms with E-state index in [2.05, 4.69) is 39.6 Å². The van der Waals surface area contributed by atoms with Crippen LogP contribution in [0.3, 0.4) is 0 Å². The zero-order valence-electron chi connectivity index (χ0n) is 10.8. The Labute approximate surface area is 90.9 Å². The van der Waals surface area contributed by atoms with Crippen LogP contribution in [0.1, 0.15) is 59.8 Å². The molecule has 0 radical (unpaired) electrons. The molecule has 0 heterocycles. The smallest absolute Gasteiger partial charge is 0.00895 e. The molecule has 14 heavy (non-hydrogen) atoms. The molecule has 0 aliphatic heterocycles. The molecule has 0 rings (SSSR count). The number of hydrogen-bond acceptors (Lipinski definition) is 1. The van der Waals surface area contributed by atoms with Gasteiger partial charge in [0.1, 0.15) is 0 Å². The van der Waals surface area contributed by atoms with Crippen molar-refractivity contribution in [1.82, 2.24) is 4.90 Å². The summed E-state index contributed by atoms with van der Waals surface area (Å²) < 4.78 is 0. The van der Waals surface area contributed by atoms with Crippen LogP contribution in [-0.4, -0.2) is 24.5 Å². The second-order valence-electron chi connectivity index (χ2n) is 4.69. The van der Waals surface area contributed by atoms with Gasteiger partial charge in [0, 0.05) is 6.04 Å². The van der Waals surface area contributed by atoms with E-state index in [1.165, 1.54) is 38.6 Å². The maximum atomic E-state index is 2.52. The highest BCUT2D eigenvalue weighted by atomic mass is 15.1. The molecule has 0 bridgehead atoms. The van der Waals surface area contributed by atoms with Gasteiger partial charge in [0.2, 0.25) is 0 Å². The SMILES string of the molecule is CCCCC(C)C(C)N(C)CCCC. The minimum absolute atomic E-state index is 0.744. The lowest BCUT2D eigenvalue weighted by atomic mass is 9.96. The van der Waals surface area contributed by atoms with Crippen molar-refractivity contribution in [2.24, 2.45) is 5.92 Å². The van der Waals surface area contributed by atoms with Crippen molar-refractivity contribution in [3.63, 3.8) is 0 Å². The Hall–Kier alpha value is -0.0400. The Morgan fingerprint density at radius 2 is 1.57 bits per heavy atom. The van der Waals surface area contributed by atoms with Gasteiger partial charge >= 0.3 is 0 Å². The summed E-state index contributed by atoms with van der Waals surface area (Å²) in [6.45, 7) is 10.6. The van der Waals surface area contributed by atoms with Gasteiger partial charge < -0.3 is 4.90 Å². The average Bonchev–Trinajstić information content (AvgIpc) is 2.21. The van der Waals surface area contributed by atoms with E-state index in [1.807, 2.05) is 0 Å². The molecular weight excluding hydrogens is 170 g/mol. The third-order valence-corrected chi connectivity index (χ3v) is 3.40. The maximum Gasteiger partial charge on any atom is 0.00895 e. The molecule has 0 aromatic carbocycles. The predicted molar refractivity (Wildman–Crippen MR) is 65.7 cm³/mol. The molecule has 0 saturated heterocycles. The van der Waals surface area contributed by atoms with E-state index >= 15 is 0 Å². The van der Waals surface area contributed by atoms with E-state index in [-0.39, 0.29) is 0 Å². The number of rotatable bonds is 8. The van der Waals surface area contributed by atoms with Crippen molar-refractivity contribution < 1.29 is 0 Å². The van der Waals surface area contributed by atoms with Crippen LogP contribution in [0.2, 0.25) is 0 Å². The molecule has 0 saturated carbocycles. The van der Waals surface area contributed by atoms with E-state index < -0.39 is 0 Å². The Morgan fingerprint density at radius 1 is 1.00 bits per heavy atom. The van der Waals surface area contributed by atoms with Gasteiger partial charge in [-0.15, -0.1) is 0 Å². The molecular formula is C13H29N.